The van der Waals surface area contributed by atoms with E-state index in [1.807, 2.05) is 0 Å². The lowest BCUT2D eigenvalue weighted by Crippen LogP contribution is -2.79. The van der Waals surface area contributed by atoms with Crippen molar-refractivity contribution in [1.29, 1.82) is 0 Å². The summed E-state index contributed by atoms with van der Waals surface area (Å²) in [5.41, 5.74) is 0.411. The molecule has 0 spiro atoms. The van der Waals surface area contributed by atoms with Crippen molar-refractivity contribution in [3.63, 3.8) is 0 Å². The summed E-state index contributed by atoms with van der Waals surface area (Å²) in [6, 6.07) is 0. The smallest absolute Gasteiger partial charge is 0.0588 e. The van der Waals surface area contributed by atoms with E-state index in [0.717, 1.165) is 0 Å². The molecule has 4 nitrogen and oxygen atoms in total. The van der Waals surface area contributed by atoms with Crippen molar-refractivity contribution in [3.8, 4) is 0 Å². The fourth-order valence-electron chi connectivity index (χ4n) is 3.11. The molecule has 74 valence electrons. The monoisotopic (exact) mass is 182 g/mol. The molecule has 0 amide bonds. The van der Waals surface area contributed by atoms with Gasteiger partial charge in [0.25, 0.3) is 0 Å². The van der Waals surface area contributed by atoms with E-state index in [1.54, 1.807) is 0 Å². The number of hydrogen-bond acceptors (Lipinski definition) is 4. The molecule has 4 aliphatic heterocycles. The molecule has 0 aromatic heterocycles. The van der Waals surface area contributed by atoms with Crippen LogP contribution in [0.1, 0.15) is 0 Å². The topological polar surface area (TPSA) is 13.0 Å². The Labute approximate surface area is 79.7 Å². The Bertz CT molecular complexity index is 190. The van der Waals surface area contributed by atoms with E-state index in [-0.39, 0.29) is 0 Å². The normalized spacial score (nSPS) is 53.3. The molecule has 0 atom stereocenters. The Hall–Kier alpha value is -0.160. The Kier molecular flexibility index (Phi) is 1.54. The van der Waals surface area contributed by atoms with Crippen LogP contribution in [0.25, 0.3) is 0 Å². The molecule has 4 heteroatoms. The third-order valence-corrected chi connectivity index (χ3v) is 3.70. The maximum absolute atomic E-state index is 2.55. The van der Waals surface area contributed by atoms with Gasteiger partial charge in [0, 0.05) is 19.6 Å². The second-order valence-corrected chi connectivity index (χ2v) is 5.03. The van der Waals surface area contributed by atoms with Gasteiger partial charge in [0.05, 0.1) is 25.5 Å². The Morgan fingerprint density at radius 3 is 1.54 bits per heavy atom. The molecule has 4 aliphatic rings. The minimum absolute atomic E-state index is 0.411. The molecule has 13 heavy (non-hydrogen) atoms. The fourth-order valence-corrected chi connectivity index (χ4v) is 3.11. The van der Waals surface area contributed by atoms with Gasteiger partial charge in [-0.25, -0.2) is 0 Å². The van der Waals surface area contributed by atoms with Gasteiger partial charge >= 0.3 is 0 Å². The molecule has 4 heterocycles. The van der Waals surface area contributed by atoms with E-state index in [1.165, 1.54) is 39.6 Å². The molecule has 0 aliphatic carbocycles. The molecule has 4 saturated heterocycles. The third kappa shape index (κ3) is 1.06. The molecule has 0 N–H and O–H groups in total. The highest BCUT2D eigenvalue weighted by Gasteiger charge is 2.49. The number of nitrogens with zero attached hydrogens (tertiary/aromatic N) is 4. The summed E-state index contributed by atoms with van der Waals surface area (Å²) in [7, 11) is 4.44. The fraction of sp³-hybridized carbons (Fsp3) is 1.00. The molecule has 4 rings (SSSR count). The van der Waals surface area contributed by atoms with Crippen LogP contribution < -0.4 is 0 Å². The van der Waals surface area contributed by atoms with Gasteiger partial charge in [-0.1, -0.05) is 0 Å². The average Bonchev–Trinajstić information content (AvgIpc) is 2.00. The molecule has 0 radical (unpaired) electrons. The standard InChI is InChI=1S/C9H18N4/c1-10(2)9-3-11-6-12(4-9)8-13(5-9)7-11/h3-8H2,1-2H3. The van der Waals surface area contributed by atoms with Crippen molar-refractivity contribution in [3.05, 3.63) is 0 Å². The lowest BCUT2D eigenvalue weighted by molar-refractivity contribution is -0.175. The van der Waals surface area contributed by atoms with E-state index >= 15 is 0 Å². The van der Waals surface area contributed by atoms with Gasteiger partial charge < -0.3 is 4.90 Å². The molecule has 4 fully saturated rings. The first-order valence-electron chi connectivity index (χ1n) is 5.02. The summed E-state index contributed by atoms with van der Waals surface area (Å²) in [5, 5.41) is 0. The molecule has 0 saturated carbocycles. The SMILES string of the molecule is CN(C)C12CN3CN(CN(C3)C1)C2. The van der Waals surface area contributed by atoms with Crippen LogP contribution in [0.5, 0.6) is 0 Å². The maximum atomic E-state index is 2.55. The predicted octanol–water partition coefficient (Wildman–Crippen LogP) is -0.894. The van der Waals surface area contributed by atoms with Crippen molar-refractivity contribution in [2.45, 2.75) is 5.54 Å². The first-order valence-corrected chi connectivity index (χ1v) is 5.02. The van der Waals surface area contributed by atoms with Gasteiger partial charge in [0.2, 0.25) is 0 Å². The highest BCUT2D eigenvalue weighted by Crippen LogP contribution is 2.31. The summed E-state index contributed by atoms with van der Waals surface area (Å²) >= 11 is 0. The van der Waals surface area contributed by atoms with E-state index in [0.29, 0.717) is 5.54 Å². The van der Waals surface area contributed by atoms with Crippen LogP contribution >= 0.6 is 0 Å². The van der Waals surface area contributed by atoms with Gasteiger partial charge in [-0.3, -0.25) is 14.7 Å². The van der Waals surface area contributed by atoms with Gasteiger partial charge in [-0.15, -0.1) is 0 Å². The Balaban J connectivity index is 1.91. The molecule has 0 aromatic rings. The second-order valence-electron chi connectivity index (χ2n) is 5.03. The quantitative estimate of drug-likeness (QED) is 0.521. The molecule has 0 unspecified atom stereocenters. The van der Waals surface area contributed by atoms with Crippen molar-refractivity contribution < 1.29 is 0 Å². The first kappa shape index (κ1) is 8.17. The molecular weight excluding hydrogens is 164 g/mol. The third-order valence-electron chi connectivity index (χ3n) is 3.70. The summed E-state index contributed by atoms with van der Waals surface area (Å²) in [5.74, 6) is 0. The van der Waals surface area contributed by atoms with Crippen LogP contribution in [0.2, 0.25) is 0 Å². The van der Waals surface area contributed by atoms with E-state index in [2.05, 4.69) is 33.7 Å². The zero-order chi connectivity index (χ0) is 9.05. The summed E-state index contributed by atoms with van der Waals surface area (Å²) in [6.45, 7) is 7.33. The van der Waals surface area contributed by atoms with Crippen LogP contribution in [0.4, 0.5) is 0 Å². The van der Waals surface area contributed by atoms with Crippen LogP contribution in [0, 0.1) is 0 Å². The van der Waals surface area contributed by atoms with Gasteiger partial charge in [-0.2, -0.15) is 0 Å². The van der Waals surface area contributed by atoms with E-state index < -0.39 is 0 Å². The lowest BCUT2D eigenvalue weighted by Gasteiger charge is -2.62. The first-order chi connectivity index (χ1) is 6.18. The summed E-state index contributed by atoms with van der Waals surface area (Å²) in [6.07, 6.45) is 0. The lowest BCUT2D eigenvalue weighted by atomic mass is 9.90. The maximum Gasteiger partial charge on any atom is 0.0588 e. The van der Waals surface area contributed by atoms with Crippen LogP contribution in [-0.4, -0.2) is 78.9 Å². The predicted molar refractivity (Wildman–Crippen MR) is 51.1 cm³/mol. The van der Waals surface area contributed by atoms with Crippen molar-refractivity contribution in [2.24, 2.45) is 0 Å². The zero-order valence-electron chi connectivity index (χ0n) is 8.53. The van der Waals surface area contributed by atoms with E-state index in [9.17, 15) is 0 Å². The number of hydrogen-bond donors (Lipinski definition) is 0. The van der Waals surface area contributed by atoms with Gasteiger partial charge in [-0.05, 0) is 14.1 Å². The summed E-state index contributed by atoms with van der Waals surface area (Å²) < 4.78 is 0. The number of likely N-dealkylation sites (N-methyl/N-ethyl adjacent to an activating group) is 1. The zero-order valence-corrected chi connectivity index (χ0v) is 8.53. The minimum Gasteiger partial charge on any atom is -0.300 e. The number of rotatable bonds is 1. The highest BCUT2D eigenvalue weighted by molar-refractivity contribution is 5.05. The highest BCUT2D eigenvalue weighted by atomic mass is 15.6. The van der Waals surface area contributed by atoms with Crippen LogP contribution in [0.15, 0.2) is 0 Å². The van der Waals surface area contributed by atoms with Crippen molar-refractivity contribution in [2.75, 3.05) is 53.7 Å². The average molecular weight is 182 g/mol. The molecular formula is C9H18N4. The van der Waals surface area contributed by atoms with Crippen molar-refractivity contribution >= 4 is 0 Å². The minimum atomic E-state index is 0.411. The van der Waals surface area contributed by atoms with Gasteiger partial charge in [0.15, 0.2) is 0 Å². The van der Waals surface area contributed by atoms with E-state index in [4.69, 9.17) is 0 Å². The van der Waals surface area contributed by atoms with Gasteiger partial charge in [0.1, 0.15) is 0 Å². The summed E-state index contributed by atoms with van der Waals surface area (Å²) in [4.78, 5) is 10.1. The largest absolute Gasteiger partial charge is 0.300 e. The Morgan fingerprint density at radius 1 is 0.846 bits per heavy atom. The second kappa shape index (κ2) is 2.45. The molecule has 4 bridgehead atoms. The molecule has 0 aromatic carbocycles. The Morgan fingerprint density at radius 2 is 1.23 bits per heavy atom. The van der Waals surface area contributed by atoms with Crippen molar-refractivity contribution in [1.82, 2.24) is 19.6 Å². The van der Waals surface area contributed by atoms with Crippen LogP contribution in [0.3, 0.4) is 0 Å². The van der Waals surface area contributed by atoms with Crippen LogP contribution in [-0.2, 0) is 0 Å².